The zero-order valence-electron chi connectivity index (χ0n) is 10.4. The van der Waals surface area contributed by atoms with Crippen LogP contribution in [-0.2, 0) is 9.59 Å². The van der Waals surface area contributed by atoms with Gasteiger partial charge in [-0.1, -0.05) is 12.8 Å². The quantitative estimate of drug-likeness (QED) is 0.496. The third kappa shape index (κ3) is 16.2. The van der Waals surface area contributed by atoms with Crippen molar-refractivity contribution in [1.29, 1.82) is 0 Å². The van der Waals surface area contributed by atoms with E-state index < -0.39 is 5.97 Å². The Morgan fingerprint density at radius 1 is 1.47 bits per heavy atom. The molecule has 96 valence electrons. The minimum absolute atomic E-state index is 0. The smallest absolute Gasteiger partial charge is 0.542 e. The summed E-state index contributed by atoms with van der Waals surface area (Å²) in [4.78, 5) is 21.8. The summed E-state index contributed by atoms with van der Waals surface area (Å²) < 4.78 is 0. The Balaban J connectivity index is 0. The van der Waals surface area contributed by atoms with Gasteiger partial charge in [0.05, 0.1) is 0 Å². The van der Waals surface area contributed by atoms with Crippen LogP contribution in [0.2, 0.25) is 0 Å². The number of likely N-dealkylation sites (tertiary alicyclic amines) is 1. The van der Waals surface area contributed by atoms with E-state index in [9.17, 15) is 9.59 Å². The van der Waals surface area contributed by atoms with E-state index >= 15 is 0 Å². The largest absolute Gasteiger partial charge is 2.00 e. The van der Waals surface area contributed by atoms with Crippen molar-refractivity contribution in [2.45, 2.75) is 38.5 Å². The van der Waals surface area contributed by atoms with Crippen LogP contribution in [0.3, 0.4) is 0 Å². The zero-order valence-corrected chi connectivity index (χ0v) is 14.6. The van der Waals surface area contributed by atoms with Crippen LogP contribution in [0.4, 0.5) is 0 Å². The Morgan fingerprint density at radius 2 is 2.18 bits per heavy atom. The van der Waals surface area contributed by atoms with Gasteiger partial charge in [0.2, 0.25) is 0 Å². The van der Waals surface area contributed by atoms with Gasteiger partial charge < -0.3 is 21.2 Å². The molecule has 0 atom stereocenters. The van der Waals surface area contributed by atoms with Gasteiger partial charge in [0.1, 0.15) is 0 Å². The zero-order chi connectivity index (χ0) is 12.2. The molecule has 0 aliphatic carbocycles. The molecule has 0 aromatic carbocycles. The van der Waals surface area contributed by atoms with Crippen molar-refractivity contribution >= 4 is 12.3 Å². The average molecular weight is 465 g/mol. The normalized spacial score (nSPS) is 15.1. The Hall–Kier alpha value is 0.152. The van der Waals surface area contributed by atoms with Crippen molar-refractivity contribution in [3.63, 3.8) is 0 Å². The molecule has 0 unspecified atom stereocenters. The fourth-order valence-electron chi connectivity index (χ4n) is 1.38. The monoisotopic (exact) mass is 465 g/mol. The van der Waals surface area contributed by atoms with E-state index in [1.54, 1.807) is 6.29 Å². The summed E-state index contributed by atoms with van der Waals surface area (Å²) in [6.07, 6.45) is 8.43. The second kappa shape index (κ2) is 14.2. The van der Waals surface area contributed by atoms with Crippen LogP contribution in [0.25, 0.3) is 0 Å². The van der Waals surface area contributed by atoms with Crippen LogP contribution < -0.4 is 0 Å². The molecule has 0 radical (unpaired) electrons. The first kappa shape index (κ1) is 19.5. The van der Waals surface area contributed by atoms with Crippen molar-refractivity contribution in [2.75, 3.05) is 20.1 Å². The molecule has 1 aliphatic heterocycles. The van der Waals surface area contributed by atoms with Crippen molar-refractivity contribution in [3.8, 4) is 0 Å². The standard InChI is InChI=1S/C6H12N.C6H9O3.U/c1-7-5-3-2-4-6-7;7-5-3-1-2-4-6(8)9;/h3H,2,4-6H2,1H3;1-4H2,(H,8,9);/q2*-1;+2. The Kier molecular flexibility index (Phi) is 16.3. The molecule has 0 amide bonds. The summed E-state index contributed by atoms with van der Waals surface area (Å²) in [6, 6.07) is 0. The second-order valence-corrected chi connectivity index (χ2v) is 3.94. The number of rotatable bonds is 5. The Morgan fingerprint density at radius 3 is 2.53 bits per heavy atom. The number of hydrogen-bond acceptors (Lipinski definition) is 3. The minimum atomic E-state index is -0.805. The van der Waals surface area contributed by atoms with Crippen LogP contribution >= 0.6 is 0 Å². The molecule has 0 spiro atoms. The molecule has 1 aliphatic rings. The van der Waals surface area contributed by atoms with Gasteiger partial charge in [0.15, 0.2) is 0 Å². The van der Waals surface area contributed by atoms with E-state index in [2.05, 4.69) is 18.4 Å². The molecule has 1 rings (SSSR count). The van der Waals surface area contributed by atoms with E-state index in [1.165, 1.54) is 25.9 Å². The van der Waals surface area contributed by atoms with Crippen LogP contribution in [0.5, 0.6) is 0 Å². The number of unbranched alkanes of at least 4 members (excludes halogenated alkanes) is 2. The Bertz CT molecular complexity index is 194. The predicted octanol–water partition coefficient (Wildman–Crippen LogP) is 1.66. The van der Waals surface area contributed by atoms with Gasteiger partial charge >= 0.3 is 37.1 Å². The van der Waals surface area contributed by atoms with Crippen molar-refractivity contribution in [1.82, 2.24) is 4.90 Å². The molecule has 0 bridgehead atoms. The minimum Gasteiger partial charge on any atom is -0.542 e. The number of piperidine rings is 1. The summed E-state index contributed by atoms with van der Waals surface area (Å²) in [6.45, 7) is 2.48. The first-order valence-electron chi connectivity index (χ1n) is 5.74. The number of carboxylic acids is 1. The fourth-order valence-corrected chi connectivity index (χ4v) is 1.38. The number of carbonyl (C=O) groups excluding carboxylic acids is 1. The van der Waals surface area contributed by atoms with E-state index in [-0.39, 0.29) is 37.5 Å². The molecular formula is C12H21NO3U. The van der Waals surface area contributed by atoms with E-state index in [0.717, 1.165) is 0 Å². The predicted molar refractivity (Wildman–Crippen MR) is 62.8 cm³/mol. The molecule has 0 aromatic heterocycles. The van der Waals surface area contributed by atoms with Crippen LogP contribution in [0.1, 0.15) is 38.5 Å². The topological polar surface area (TPSA) is 57.6 Å². The van der Waals surface area contributed by atoms with Crippen molar-refractivity contribution < 1.29 is 45.8 Å². The third-order valence-corrected chi connectivity index (χ3v) is 2.31. The van der Waals surface area contributed by atoms with Crippen LogP contribution in [0.15, 0.2) is 0 Å². The average Bonchev–Trinajstić information content (AvgIpc) is 2.26. The van der Waals surface area contributed by atoms with E-state index in [4.69, 9.17) is 5.11 Å². The summed E-state index contributed by atoms with van der Waals surface area (Å²) in [5.41, 5.74) is 0. The molecule has 1 saturated heterocycles. The van der Waals surface area contributed by atoms with Gasteiger partial charge in [-0.05, 0) is 20.0 Å². The molecule has 5 heteroatoms. The number of hydrogen-bond donors (Lipinski definition) is 1. The summed E-state index contributed by atoms with van der Waals surface area (Å²) in [5, 5.41) is 8.11. The first-order valence-corrected chi connectivity index (χ1v) is 5.74. The Labute approximate surface area is 128 Å². The molecular weight excluding hydrogens is 444 g/mol. The van der Waals surface area contributed by atoms with E-state index in [1.807, 2.05) is 0 Å². The van der Waals surface area contributed by atoms with E-state index in [0.29, 0.717) is 19.3 Å². The number of carboxylic acid groups (broad SMARTS) is 1. The van der Waals surface area contributed by atoms with Gasteiger partial charge in [-0.15, -0.1) is 6.54 Å². The molecule has 17 heavy (non-hydrogen) atoms. The maximum Gasteiger partial charge on any atom is 2.00 e. The van der Waals surface area contributed by atoms with Gasteiger partial charge in [-0.3, -0.25) is 11.1 Å². The number of aliphatic carboxylic acids is 1. The number of nitrogens with zero attached hydrogens (tertiary/aromatic N) is 1. The van der Waals surface area contributed by atoms with Crippen LogP contribution in [-0.4, -0.2) is 42.4 Å². The van der Waals surface area contributed by atoms with Gasteiger partial charge in [0.25, 0.3) is 0 Å². The van der Waals surface area contributed by atoms with Gasteiger partial charge in [-0.2, -0.15) is 12.8 Å². The second-order valence-electron chi connectivity index (χ2n) is 3.94. The summed E-state index contributed by atoms with van der Waals surface area (Å²) in [7, 11) is 2.16. The summed E-state index contributed by atoms with van der Waals surface area (Å²) >= 11 is 0. The molecule has 0 saturated carbocycles. The molecule has 0 aromatic rings. The molecule has 4 nitrogen and oxygen atoms in total. The molecule has 1 heterocycles. The van der Waals surface area contributed by atoms with Gasteiger partial charge in [-0.25, -0.2) is 0 Å². The first-order chi connectivity index (χ1) is 7.66. The summed E-state index contributed by atoms with van der Waals surface area (Å²) in [5.74, 6) is -0.805. The van der Waals surface area contributed by atoms with Gasteiger partial charge in [0, 0.05) is 6.42 Å². The molecule has 1 fully saturated rings. The molecule has 1 N–H and O–H groups in total. The number of carbonyl (C=O) groups is 1. The fraction of sp³-hybridized carbons (Fsp3) is 0.750. The maximum absolute atomic E-state index is 9.86. The SMILES string of the molecule is CN1C[CH-]CCC1.O=[C-]CCCCC(=O)O.[U+2]. The van der Waals surface area contributed by atoms with Crippen molar-refractivity contribution in [3.05, 3.63) is 6.42 Å². The van der Waals surface area contributed by atoms with Crippen molar-refractivity contribution in [2.24, 2.45) is 0 Å². The van der Waals surface area contributed by atoms with Crippen LogP contribution in [0, 0.1) is 37.5 Å². The third-order valence-electron chi connectivity index (χ3n) is 2.31. The maximum atomic E-state index is 9.86.